The summed E-state index contributed by atoms with van der Waals surface area (Å²) in [6, 6.07) is 1.80. The van der Waals surface area contributed by atoms with Crippen LogP contribution in [-0.4, -0.2) is 49.6 Å². The molecule has 0 aromatic carbocycles. The van der Waals surface area contributed by atoms with Crippen molar-refractivity contribution in [2.75, 3.05) is 27.7 Å². The fourth-order valence-electron chi connectivity index (χ4n) is 1.43. The summed E-state index contributed by atoms with van der Waals surface area (Å²) in [6.07, 6.45) is 1.94. The molecule has 0 aliphatic rings. The predicted molar refractivity (Wildman–Crippen MR) is 83.4 cm³/mol. The second-order valence-electron chi connectivity index (χ2n) is 3.74. The summed E-state index contributed by atoms with van der Waals surface area (Å²) < 4.78 is 4.77. The van der Waals surface area contributed by atoms with Gasteiger partial charge in [0.1, 0.15) is 12.0 Å². The first-order chi connectivity index (χ1) is 8.67. The molecule has 1 aromatic rings. The summed E-state index contributed by atoms with van der Waals surface area (Å²) in [5, 5.41) is 9.50. The highest BCUT2D eigenvalue weighted by Crippen LogP contribution is 1.99. The summed E-state index contributed by atoms with van der Waals surface area (Å²) in [5.74, 6) is 0.707. The van der Waals surface area contributed by atoms with Crippen LogP contribution in [0.25, 0.3) is 0 Å². The van der Waals surface area contributed by atoms with Gasteiger partial charge in [-0.15, -0.1) is 24.0 Å². The lowest BCUT2D eigenvalue weighted by atomic mass is 10.4. The van der Waals surface area contributed by atoms with Crippen LogP contribution in [0.3, 0.4) is 0 Å². The van der Waals surface area contributed by atoms with Crippen LogP contribution in [0.4, 0.5) is 0 Å². The molecule has 0 atom stereocenters. The van der Waals surface area contributed by atoms with E-state index < -0.39 is 0 Å². The highest BCUT2D eigenvalue weighted by molar-refractivity contribution is 14.0. The largest absolute Gasteiger partial charge is 0.364 e. The minimum Gasteiger partial charge on any atom is -0.364 e. The van der Waals surface area contributed by atoms with E-state index in [1.165, 1.54) is 6.26 Å². The molecular formula is C11H20IN5O2. The van der Waals surface area contributed by atoms with Crippen molar-refractivity contribution >= 4 is 35.8 Å². The molecule has 0 fully saturated rings. The number of carbonyl (C=O) groups is 1. The molecule has 0 radical (unpaired) electrons. The van der Waals surface area contributed by atoms with E-state index in [4.69, 9.17) is 4.52 Å². The van der Waals surface area contributed by atoms with E-state index in [2.05, 4.69) is 20.8 Å². The highest BCUT2D eigenvalue weighted by Gasteiger charge is 2.08. The lowest BCUT2D eigenvalue weighted by molar-refractivity contribution is -0.120. The summed E-state index contributed by atoms with van der Waals surface area (Å²) in [6.45, 7) is 1.13. The fourth-order valence-corrected chi connectivity index (χ4v) is 1.43. The number of amides is 1. The van der Waals surface area contributed by atoms with Crippen LogP contribution in [0.1, 0.15) is 12.1 Å². The lowest BCUT2D eigenvalue weighted by Crippen LogP contribution is -2.40. The number of aromatic nitrogens is 1. The van der Waals surface area contributed by atoms with E-state index in [1.54, 1.807) is 20.2 Å². The van der Waals surface area contributed by atoms with Crippen molar-refractivity contribution in [3.8, 4) is 0 Å². The molecule has 1 amide bonds. The van der Waals surface area contributed by atoms with Crippen molar-refractivity contribution < 1.29 is 9.32 Å². The van der Waals surface area contributed by atoms with E-state index in [-0.39, 0.29) is 29.9 Å². The maximum Gasteiger partial charge on any atom is 0.221 e. The second-order valence-corrected chi connectivity index (χ2v) is 3.74. The summed E-state index contributed by atoms with van der Waals surface area (Å²) >= 11 is 0. The zero-order chi connectivity index (χ0) is 13.4. The third-order valence-corrected chi connectivity index (χ3v) is 2.38. The van der Waals surface area contributed by atoms with E-state index in [0.29, 0.717) is 25.5 Å². The van der Waals surface area contributed by atoms with E-state index in [9.17, 15) is 4.79 Å². The first kappa shape index (κ1) is 17.7. The molecule has 1 heterocycles. The molecule has 0 saturated heterocycles. The van der Waals surface area contributed by atoms with Crippen LogP contribution in [0.5, 0.6) is 0 Å². The minimum absolute atomic E-state index is 0. The Morgan fingerprint density at radius 1 is 1.58 bits per heavy atom. The van der Waals surface area contributed by atoms with E-state index in [0.717, 1.165) is 5.69 Å². The molecule has 0 spiro atoms. The van der Waals surface area contributed by atoms with Crippen molar-refractivity contribution in [3.05, 3.63) is 18.0 Å². The van der Waals surface area contributed by atoms with Gasteiger partial charge >= 0.3 is 0 Å². The lowest BCUT2D eigenvalue weighted by Gasteiger charge is -2.20. The van der Waals surface area contributed by atoms with Gasteiger partial charge in [0.25, 0.3) is 0 Å². The molecule has 2 N–H and O–H groups in total. The Morgan fingerprint density at radius 3 is 2.84 bits per heavy atom. The minimum atomic E-state index is -0.00268. The topological polar surface area (TPSA) is 82.8 Å². The van der Waals surface area contributed by atoms with Crippen LogP contribution < -0.4 is 10.6 Å². The SMILES string of the molecule is CN=C(NCCC(=O)NC)N(C)Cc1ccon1.I. The second kappa shape index (κ2) is 9.59. The summed E-state index contributed by atoms with van der Waals surface area (Å²) in [7, 11) is 5.21. The highest BCUT2D eigenvalue weighted by atomic mass is 127. The average molecular weight is 381 g/mol. The molecule has 0 aliphatic heterocycles. The van der Waals surface area contributed by atoms with Gasteiger partial charge in [-0.1, -0.05) is 5.16 Å². The maximum absolute atomic E-state index is 11.1. The number of hydrogen-bond donors (Lipinski definition) is 2. The van der Waals surface area contributed by atoms with Gasteiger partial charge in [-0.05, 0) is 0 Å². The normalized spacial score (nSPS) is 10.6. The van der Waals surface area contributed by atoms with Crippen LogP contribution >= 0.6 is 24.0 Å². The standard InChI is InChI=1S/C11H19N5O2.HI/c1-12-10(17)4-6-14-11(13-2)16(3)8-9-5-7-18-15-9;/h5,7H,4,6,8H2,1-3H3,(H,12,17)(H,13,14);1H. The van der Waals surface area contributed by atoms with Crippen molar-refractivity contribution in [3.63, 3.8) is 0 Å². The number of halogens is 1. The van der Waals surface area contributed by atoms with Gasteiger partial charge < -0.3 is 20.1 Å². The summed E-state index contributed by atoms with van der Waals surface area (Å²) in [4.78, 5) is 17.1. The first-order valence-electron chi connectivity index (χ1n) is 5.69. The molecule has 108 valence electrons. The van der Waals surface area contributed by atoms with Gasteiger partial charge in [0.05, 0.1) is 6.54 Å². The molecule has 0 bridgehead atoms. The number of hydrogen-bond acceptors (Lipinski definition) is 4. The Morgan fingerprint density at radius 2 is 2.32 bits per heavy atom. The molecule has 0 saturated carbocycles. The monoisotopic (exact) mass is 381 g/mol. The quantitative estimate of drug-likeness (QED) is 0.439. The Bertz CT molecular complexity index is 394. The van der Waals surface area contributed by atoms with Crippen LogP contribution in [0.15, 0.2) is 21.8 Å². The Hall–Kier alpha value is -1.32. The third-order valence-electron chi connectivity index (χ3n) is 2.38. The molecule has 1 rings (SSSR count). The van der Waals surface area contributed by atoms with Gasteiger partial charge in [0.2, 0.25) is 5.91 Å². The Labute approximate surface area is 129 Å². The number of rotatable bonds is 5. The molecule has 8 heteroatoms. The van der Waals surface area contributed by atoms with Gasteiger partial charge in [-0.2, -0.15) is 0 Å². The molecule has 1 aromatic heterocycles. The van der Waals surface area contributed by atoms with Crippen molar-refractivity contribution in [2.24, 2.45) is 4.99 Å². The number of nitrogens with zero attached hydrogens (tertiary/aromatic N) is 3. The Kier molecular flexibility index (Phi) is 8.92. The maximum atomic E-state index is 11.1. The zero-order valence-electron chi connectivity index (χ0n) is 11.3. The van der Waals surface area contributed by atoms with E-state index in [1.807, 2.05) is 11.9 Å². The average Bonchev–Trinajstić information content (AvgIpc) is 2.86. The van der Waals surface area contributed by atoms with Gasteiger partial charge in [-0.25, -0.2) is 0 Å². The number of carbonyl (C=O) groups excluding carboxylic acids is 1. The fraction of sp³-hybridized carbons (Fsp3) is 0.545. The van der Waals surface area contributed by atoms with Crippen molar-refractivity contribution in [1.82, 2.24) is 20.7 Å². The Balaban J connectivity index is 0.00000324. The van der Waals surface area contributed by atoms with Crippen molar-refractivity contribution in [1.29, 1.82) is 0 Å². The predicted octanol–water partition coefficient (Wildman–Crippen LogP) is 0.436. The van der Waals surface area contributed by atoms with Gasteiger partial charge in [0, 0.05) is 40.2 Å². The van der Waals surface area contributed by atoms with Crippen LogP contribution in [-0.2, 0) is 11.3 Å². The van der Waals surface area contributed by atoms with Crippen LogP contribution in [0.2, 0.25) is 0 Å². The number of nitrogens with one attached hydrogen (secondary N) is 2. The molecule has 0 aliphatic carbocycles. The smallest absolute Gasteiger partial charge is 0.221 e. The summed E-state index contributed by atoms with van der Waals surface area (Å²) in [5.41, 5.74) is 0.826. The van der Waals surface area contributed by atoms with Crippen molar-refractivity contribution in [2.45, 2.75) is 13.0 Å². The van der Waals surface area contributed by atoms with Crippen LogP contribution in [0, 0.1) is 0 Å². The molecule has 7 nitrogen and oxygen atoms in total. The number of guanidine groups is 1. The van der Waals surface area contributed by atoms with Gasteiger partial charge in [0.15, 0.2) is 5.96 Å². The first-order valence-corrected chi connectivity index (χ1v) is 5.69. The molecular weight excluding hydrogens is 361 g/mol. The number of aliphatic imine (C=N–C) groups is 1. The molecule has 0 unspecified atom stereocenters. The zero-order valence-corrected chi connectivity index (χ0v) is 13.7. The van der Waals surface area contributed by atoms with Gasteiger partial charge in [-0.3, -0.25) is 9.79 Å². The third kappa shape index (κ3) is 6.41. The molecule has 19 heavy (non-hydrogen) atoms. The van der Waals surface area contributed by atoms with E-state index >= 15 is 0 Å².